The number of amides is 1. The highest BCUT2D eigenvalue weighted by atomic mass is 16.4. The molecule has 2 aromatic carbocycles. The predicted molar refractivity (Wildman–Crippen MR) is 81.5 cm³/mol. The lowest BCUT2D eigenvalue weighted by Crippen LogP contribution is -2.58. The maximum Gasteiger partial charge on any atom is 0.332 e. The molecule has 0 aromatic heterocycles. The highest BCUT2D eigenvalue weighted by Crippen LogP contribution is 2.15. The summed E-state index contributed by atoms with van der Waals surface area (Å²) in [4.78, 5) is 23.9. The smallest absolute Gasteiger partial charge is 0.332 e. The first-order valence-corrected chi connectivity index (χ1v) is 6.83. The van der Waals surface area contributed by atoms with Crippen molar-refractivity contribution in [2.45, 2.75) is 12.0 Å². The zero-order chi connectivity index (χ0) is 16.0. The van der Waals surface area contributed by atoms with Gasteiger partial charge in [-0.3, -0.25) is 4.79 Å². The molecular formula is C17H17NO4. The van der Waals surface area contributed by atoms with Crippen molar-refractivity contribution in [2.75, 3.05) is 6.61 Å². The minimum absolute atomic E-state index is 0.00174. The minimum Gasteiger partial charge on any atom is -0.479 e. The normalized spacial score (nSPS) is 13.1. The third-order valence-electron chi connectivity index (χ3n) is 3.42. The van der Waals surface area contributed by atoms with Crippen LogP contribution in [0.2, 0.25) is 0 Å². The van der Waals surface area contributed by atoms with Crippen LogP contribution in [0.3, 0.4) is 0 Å². The first kappa shape index (κ1) is 15.7. The number of rotatable bonds is 6. The number of aliphatic carboxylic acids is 1. The van der Waals surface area contributed by atoms with Crippen molar-refractivity contribution in [1.82, 2.24) is 5.32 Å². The second-order valence-corrected chi connectivity index (χ2v) is 5.03. The topological polar surface area (TPSA) is 86.6 Å². The van der Waals surface area contributed by atoms with Crippen LogP contribution in [0.15, 0.2) is 60.7 Å². The summed E-state index contributed by atoms with van der Waals surface area (Å²) < 4.78 is 0. The highest BCUT2D eigenvalue weighted by molar-refractivity contribution is 5.98. The fourth-order valence-electron chi connectivity index (χ4n) is 2.16. The summed E-state index contributed by atoms with van der Waals surface area (Å²) in [6, 6.07) is 17.2. The number of aliphatic hydroxyl groups excluding tert-OH is 1. The van der Waals surface area contributed by atoms with Crippen LogP contribution in [-0.2, 0) is 11.2 Å². The molecule has 0 fully saturated rings. The number of carbonyl (C=O) groups is 2. The predicted octanol–water partition coefficient (Wildman–Crippen LogP) is 1.47. The van der Waals surface area contributed by atoms with Gasteiger partial charge in [0.25, 0.3) is 5.91 Å². The van der Waals surface area contributed by atoms with Crippen LogP contribution in [0, 0.1) is 0 Å². The molecule has 5 nitrogen and oxygen atoms in total. The van der Waals surface area contributed by atoms with E-state index in [-0.39, 0.29) is 6.42 Å². The number of benzene rings is 2. The van der Waals surface area contributed by atoms with Gasteiger partial charge < -0.3 is 15.5 Å². The maximum atomic E-state index is 12.2. The molecule has 3 N–H and O–H groups in total. The van der Waals surface area contributed by atoms with Crippen molar-refractivity contribution in [2.24, 2.45) is 0 Å². The zero-order valence-corrected chi connectivity index (χ0v) is 11.9. The molecule has 2 rings (SSSR count). The van der Waals surface area contributed by atoms with Gasteiger partial charge in [-0.25, -0.2) is 4.79 Å². The molecule has 0 aliphatic rings. The van der Waals surface area contributed by atoms with Crippen molar-refractivity contribution in [3.63, 3.8) is 0 Å². The lowest BCUT2D eigenvalue weighted by atomic mass is 9.91. The van der Waals surface area contributed by atoms with Crippen molar-refractivity contribution in [3.8, 4) is 0 Å². The summed E-state index contributed by atoms with van der Waals surface area (Å²) in [5.41, 5.74) is -0.698. The van der Waals surface area contributed by atoms with E-state index < -0.39 is 24.0 Å². The number of aliphatic hydroxyl groups is 1. The van der Waals surface area contributed by atoms with Gasteiger partial charge in [-0.15, -0.1) is 0 Å². The van der Waals surface area contributed by atoms with Crippen LogP contribution in [0.1, 0.15) is 15.9 Å². The Hall–Kier alpha value is -2.66. The second-order valence-electron chi connectivity index (χ2n) is 5.03. The van der Waals surface area contributed by atoms with Crippen molar-refractivity contribution in [3.05, 3.63) is 71.8 Å². The van der Waals surface area contributed by atoms with Crippen LogP contribution in [0.5, 0.6) is 0 Å². The van der Waals surface area contributed by atoms with E-state index in [0.29, 0.717) is 11.1 Å². The van der Waals surface area contributed by atoms with Gasteiger partial charge in [0.1, 0.15) is 0 Å². The number of hydrogen-bond acceptors (Lipinski definition) is 3. The average Bonchev–Trinajstić information content (AvgIpc) is 2.55. The monoisotopic (exact) mass is 299 g/mol. The summed E-state index contributed by atoms with van der Waals surface area (Å²) in [6.07, 6.45) is -0.00174. The van der Waals surface area contributed by atoms with Crippen LogP contribution >= 0.6 is 0 Å². The fraction of sp³-hybridized carbons (Fsp3) is 0.176. The lowest BCUT2D eigenvalue weighted by Gasteiger charge is -2.28. The Morgan fingerprint density at radius 1 is 0.955 bits per heavy atom. The summed E-state index contributed by atoms with van der Waals surface area (Å²) in [7, 11) is 0. The second kappa shape index (κ2) is 6.87. The van der Waals surface area contributed by atoms with Crippen molar-refractivity contribution < 1.29 is 19.8 Å². The fourth-order valence-corrected chi connectivity index (χ4v) is 2.16. The van der Waals surface area contributed by atoms with E-state index in [1.54, 1.807) is 54.6 Å². The molecule has 1 unspecified atom stereocenters. The number of carboxylic acids is 1. The quantitative estimate of drug-likeness (QED) is 0.754. The Bertz CT molecular complexity index is 642. The Labute approximate surface area is 128 Å². The maximum absolute atomic E-state index is 12.2. The van der Waals surface area contributed by atoms with Crippen LogP contribution in [0.25, 0.3) is 0 Å². The molecule has 22 heavy (non-hydrogen) atoms. The van der Waals surface area contributed by atoms with Gasteiger partial charge in [0, 0.05) is 12.0 Å². The first-order valence-electron chi connectivity index (χ1n) is 6.83. The van der Waals surface area contributed by atoms with E-state index in [2.05, 4.69) is 5.32 Å². The molecule has 0 radical (unpaired) electrons. The van der Waals surface area contributed by atoms with Crippen molar-refractivity contribution in [1.29, 1.82) is 0 Å². The van der Waals surface area contributed by atoms with Gasteiger partial charge in [-0.05, 0) is 17.7 Å². The molecule has 2 aromatic rings. The molecule has 0 heterocycles. The third kappa shape index (κ3) is 3.51. The van der Waals surface area contributed by atoms with E-state index >= 15 is 0 Å². The van der Waals surface area contributed by atoms with Gasteiger partial charge in [0.2, 0.25) is 0 Å². The standard InChI is InChI=1S/C17H17NO4/c19-12-17(16(21)22,11-13-7-3-1-4-8-13)18-15(20)14-9-5-2-6-10-14/h1-10,19H,11-12H2,(H,18,20)(H,21,22). The Morgan fingerprint density at radius 2 is 1.50 bits per heavy atom. The van der Waals surface area contributed by atoms with Gasteiger partial charge in [0.05, 0.1) is 6.61 Å². The van der Waals surface area contributed by atoms with Gasteiger partial charge in [0.15, 0.2) is 5.54 Å². The van der Waals surface area contributed by atoms with Gasteiger partial charge in [-0.1, -0.05) is 48.5 Å². The first-order chi connectivity index (χ1) is 10.6. The Morgan fingerprint density at radius 3 is 2.00 bits per heavy atom. The molecule has 0 bridgehead atoms. The van der Waals surface area contributed by atoms with Crippen LogP contribution in [-0.4, -0.2) is 34.2 Å². The minimum atomic E-state index is -1.76. The van der Waals surface area contributed by atoms with E-state index in [1.807, 2.05) is 6.07 Å². The molecule has 5 heteroatoms. The molecule has 0 aliphatic heterocycles. The third-order valence-corrected chi connectivity index (χ3v) is 3.42. The van der Waals surface area contributed by atoms with Crippen LogP contribution < -0.4 is 5.32 Å². The summed E-state index contributed by atoms with van der Waals surface area (Å²) in [5, 5.41) is 21.6. The average molecular weight is 299 g/mol. The number of carboxylic acid groups (broad SMARTS) is 1. The van der Waals surface area contributed by atoms with E-state index in [1.165, 1.54) is 0 Å². The van der Waals surface area contributed by atoms with Crippen LogP contribution in [0.4, 0.5) is 0 Å². The number of carbonyl (C=O) groups excluding carboxylic acids is 1. The largest absolute Gasteiger partial charge is 0.479 e. The van der Waals surface area contributed by atoms with Gasteiger partial charge >= 0.3 is 5.97 Å². The molecule has 114 valence electrons. The Kier molecular flexibility index (Phi) is 4.91. The summed E-state index contributed by atoms with van der Waals surface area (Å²) in [5.74, 6) is -1.81. The zero-order valence-electron chi connectivity index (χ0n) is 11.9. The molecular weight excluding hydrogens is 282 g/mol. The SMILES string of the molecule is O=C(NC(CO)(Cc1ccccc1)C(=O)O)c1ccccc1. The van der Waals surface area contributed by atoms with E-state index in [0.717, 1.165) is 0 Å². The number of hydrogen-bond donors (Lipinski definition) is 3. The summed E-state index contributed by atoms with van der Waals surface area (Å²) in [6.45, 7) is -0.699. The van der Waals surface area contributed by atoms with Crippen molar-refractivity contribution >= 4 is 11.9 Å². The molecule has 0 saturated carbocycles. The molecule has 1 amide bonds. The highest BCUT2D eigenvalue weighted by Gasteiger charge is 2.40. The lowest BCUT2D eigenvalue weighted by molar-refractivity contribution is -0.146. The molecule has 1 atom stereocenters. The molecule has 0 spiro atoms. The van der Waals surface area contributed by atoms with Gasteiger partial charge in [-0.2, -0.15) is 0 Å². The van der Waals surface area contributed by atoms with E-state index in [4.69, 9.17) is 0 Å². The summed E-state index contributed by atoms with van der Waals surface area (Å²) >= 11 is 0. The number of nitrogens with one attached hydrogen (secondary N) is 1. The molecule has 0 saturated heterocycles. The molecule has 0 aliphatic carbocycles. The Balaban J connectivity index is 2.26. The van der Waals surface area contributed by atoms with E-state index in [9.17, 15) is 19.8 Å².